The molecule has 2 N–H and O–H groups in total. The number of rotatable bonds is 6. The molecule has 0 saturated heterocycles. The van der Waals surface area contributed by atoms with Crippen LogP contribution in [-0.4, -0.2) is 10.2 Å². The summed E-state index contributed by atoms with van der Waals surface area (Å²) >= 11 is 0. The molecule has 0 bridgehead atoms. The van der Waals surface area contributed by atoms with E-state index in [1.807, 2.05) is 26.8 Å². The van der Waals surface area contributed by atoms with E-state index in [0.29, 0.717) is 12.0 Å². The summed E-state index contributed by atoms with van der Waals surface area (Å²) in [6, 6.07) is 7.05. The van der Waals surface area contributed by atoms with Crippen LogP contribution >= 0.6 is 0 Å². The normalized spacial score (nSPS) is 14.5. The summed E-state index contributed by atoms with van der Waals surface area (Å²) in [6.45, 7) is 9.83. The number of aromatic hydroxyl groups is 1. The predicted octanol–water partition coefficient (Wildman–Crippen LogP) is 3.98. The average molecular weight is 248 g/mol. The number of phenols is 1. The van der Waals surface area contributed by atoms with Crippen molar-refractivity contribution < 1.29 is 10.2 Å². The van der Waals surface area contributed by atoms with Crippen LogP contribution in [0, 0.1) is 5.92 Å². The van der Waals surface area contributed by atoms with Gasteiger partial charge in [-0.1, -0.05) is 37.6 Å². The van der Waals surface area contributed by atoms with E-state index in [4.69, 9.17) is 0 Å². The minimum Gasteiger partial charge on any atom is -0.508 e. The molecule has 0 aliphatic heterocycles. The van der Waals surface area contributed by atoms with Crippen molar-refractivity contribution >= 4 is 0 Å². The summed E-state index contributed by atoms with van der Waals surface area (Å²) in [5.74, 6) is 0.222. The van der Waals surface area contributed by atoms with Crippen molar-refractivity contribution in [3.05, 3.63) is 42.0 Å². The fourth-order valence-electron chi connectivity index (χ4n) is 2.23. The van der Waals surface area contributed by atoms with Crippen molar-refractivity contribution in [2.24, 2.45) is 5.92 Å². The number of allylic oxidation sites excluding steroid dienone is 1. The average Bonchev–Trinajstić information content (AvgIpc) is 2.28. The fraction of sp³-hybridized carbons (Fsp3) is 0.500. The molecule has 0 radical (unpaired) electrons. The van der Waals surface area contributed by atoms with Crippen LogP contribution in [0.15, 0.2) is 36.4 Å². The van der Waals surface area contributed by atoms with Gasteiger partial charge in [0.2, 0.25) is 0 Å². The Balaban J connectivity index is 2.93. The first-order valence-corrected chi connectivity index (χ1v) is 6.53. The first-order valence-electron chi connectivity index (χ1n) is 6.53. The lowest BCUT2D eigenvalue weighted by molar-refractivity contribution is -0.0219. The van der Waals surface area contributed by atoms with Crippen LogP contribution in [0.25, 0.3) is 0 Å². The number of hydrogen-bond donors (Lipinski definition) is 2. The van der Waals surface area contributed by atoms with Gasteiger partial charge >= 0.3 is 0 Å². The van der Waals surface area contributed by atoms with E-state index in [1.54, 1.807) is 18.2 Å². The van der Waals surface area contributed by atoms with E-state index in [9.17, 15) is 10.2 Å². The zero-order valence-electron chi connectivity index (χ0n) is 11.6. The maximum Gasteiger partial charge on any atom is 0.121 e. The second-order valence-electron chi connectivity index (χ2n) is 5.41. The Bertz CT molecular complexity index is 409. The van der Waals surface area contributed by atoms with Gasteiger partial charge in [-0.2, -0.15) is 0 Å². The lowest BCUT2D eigenvalue weighted by Crippen LogP contribution is -2.32. The number of aliphatic hydroxyl groups is 1. The lowest BCUT2D eigenvalue weighted by Gasteiger charge is -2.33. The van der Waals surface area contributed by atoms with Crippen molar-refractivity contribution in [2.45, 2.75) is 45.6 Å². The number of hydrogen-bond acceptors (Lipinski definition) is 2. The van der Waals surface area contributed by atoms with E-state index in [0.717, 1.165) is 18.4 Å². The van der Waals surface area contributed by atoms with Gasteiger partial charge in [-0.3, -0.25) is 0 Å². The molecule has 0 aliphatic rings. The minimum absolute atomic E-state index is 0.0518. The molecule has 0 fully saturated rings. The van der Waals surface area contributed by atoms with Gasteiger partial charge in [-0.05, 0) is 38.2 Å². The second kappa shape index (κ2) is 6.05. The quantitative estimate of drug-likeness (QED) is 0.747. The smallest absolute Gasteiger partial charge is 0.121 e. The molecule has 0 aromatic heterocycles. The Morgan fingerprint density at radius 2 is 1.94 bits per heavy atom. The molecule has 1 atom stereocenters. The van der Waals surface area contributed by atoms with Crippen LogP contribution in [0.4, 0.5) is 0 Å². The maximum atomic E-state index is 10.9. The van der Waals surface area contributed by atoms with Crippen molar-refractivity contribution in [2.75, 3.05) is 0 Å². The monoisotopic (exact) mass is 248 g/mol. The van der Waals surface area contributed by atoms with Gasteiger partial charge in [-0.25, -0.2) is 0 Å². The molecule has 0 spiro atoms. The molecular weight excluding hydrogens is 224 g/mol. The van der Waals surface area contributed by atoms with Crippen LogP contribution < -0.4 is 0 Å². The summed E-state index contributed by atoms with van der Waals surface area (Å²) in [5, 5.41) is 20.8. The van der Waals surface area contributed by atoms with E-state index in [1.165, 1.54) is 0 Å². The highest BCUT2D eigenvalue weighted by molar-refractivity contribution is 5.37. The highest BCUT2D eigenvalue weighted by Gasteiger charge is 2.34. The van der Waals surface area contributed by atoms with Crippen LogP contribution in [0.1, 0.15) is 45.6 Å². The Hall–Kier alpha value is -1.28. The summed E-state index contributed by atoms with van der Waals surface area (Å²) in [6.07, 6.45) is 2.41. The zero-order chi connectivity index (χ0) is 13.8. The standard InChI is InChI=1S/C16H24O2/c1-12(2)8-7-11-16(18,13(3)4)14-9-5-6-10-15(14)17/h5-6,9-10,13,17-18H,1,7-8,11H2,2-4H3. The fourth-order valence-corrected chi connectivity index (χ4v) is 2.23. The van der Waals surface area contributed by atoms with Gasteiger partial charge in [-0.15, -0.1) is 6.58 Å². The van der Waals surface area contributed by atoms with Crippen LogP contribution in [0.2, 0.25) is 0 Å². The van der Waals surface area contributed by atoms with Gasteiger partial charge in [0.25, 0.3) is 0 Å². The molecule has 100 valence electrons. The number of benzene rings is 1. The number of phenolic OH excluding ortho intramolecular Hbond substituents is 1. The molecule has 1 aromatic carbocycles. The molecular formula is C16H24O2. The molecule has 2 heteroatoms. The first kappa shape index (κ1) is 14.8. The van der Waals surface area contributed by atoms with Gasteiger partial charge in [0, 0.05) is 5.56 Å². The van der Waals surface area contributed by atoms with Crippen LogP contribution in [0.5, 0.6) is 5.75 Å². The van der Waals surface area contributed by atoms with Gasteiger partial charge in [0.05, 0.1) is 5.60 Å². The molecule has 0 saturated carbocycles. The van der Waals surface area contributed by atoms with Crippen LogP contribution in [0.3, 0.4) is 0 Å². The zero-order valence-corrected chi connectivity index (χ0v) is 11.6. The molecule has 1 unspecified atom stereocenters. The Labute approximate surface area is 110 Å². The van der Waals surface area contributed by atoms with E-state index in [2.05, 4.69) is 6.58 Å². The van der Waals surface area contributed by atoms with E-state index >= 15 is 0 Å². The third-order valence-corrected chi connectivity index (χ3v) is 3.49. The molecule has 0 heterocycles. The molecule has 0 amide bonds. The highest BCUT2D eigenvalue weighted by atomic mass is 16.3. The first-order chi connectivity index (χ1) is 8.38. The summed E-state index contributed by atoms with van der Waals surface area (Å²) in [7, 11) is 0. The van der Waals surface area contributed by atoms with Crippen molar-refractivity contribution in [1.29, 1.82) is 0 Å². The Morgan fingerprint density at radius 3 is 2.44 bits per heavy atom. The van der Waals surface area contributed by atoms with Gasteiger partial charge in [0.15, 0.2) is 0 Å². The molecule has 1 rings (SSSR count). The largest absolute Gasteiger partial charge is 0.508 e. The highest BCUT2D eigenvalue weighted by Crippen LogP contribution is 2.39. The molecule has 18 heavy (non-hydrogen) atoms. The lowest BCUT2D eigenvalue weighted by atomic mass is 9.79. The second-order valence-corrected chi connectivity index (χ2v) is 5.41. The molecule has 0 aliphatic carbocycles. The Morgan fingerprint density at radius 1 is 1.33 bits per heavy atom. The van der Waals surface area contributed by atoms with Gasteiger partial charge < -0.3 is 10.2 Å². The van der Waals surface area contributed by atoms with Crippen molar-refractivity contribution in [3.63, 3.8) is 0 Å². The van der Waals surface area contributed by atoms with Gasteiger partial charge in [0.1, 0.15) is 5.75 Å². The van der Waals surface area contributed by atoms with Crippen LogP contribution in [-0.2, 0) is 5.60 Å². The SMILES string of the molecule is C=C(C)CCCC(O)(c1ccccc1O)C(C)C. The molecule has 2 nitrogen and oxygen atoms in total. The van der Waals surface area contributed by atoms with E-state index < -0.39 is 5.60 Å². The number of para-hydroxylation sites is 1. The summed E-state index contributed by atoms with van der Waals surface area (Å²) in [5.41, 5.74) is 0.779. The Kier molecular flexibility index (Phi) is 4.97. The topological polar surface area (TPSA) is 40.5 Å². The van der Waals surface area contributed by atoms with E-state index in [-0.39, 0.29) is 11.7 Å². The summed E-state index contributed by atoms with van der Waals surface area (Å²) in [4.78, 5) is 0. The predicted molar refractivity (Wildman–Crippen MR) is 75.5 cm³/mol. The maximum absolute atomic E-state index is 10.9. The third-order valence-electron chi connectivity index (χ3n) is 3.49. The van der Waals surface area contributed by atoms with Crippen molar-refractivity contribution in [3.8, 4) is 5.75 Å². The third kappa shape index (κ3) is 3.36. The summed E-state index contributed by atoms with van der Waals surface area (Å²) < 4.78 is 0. The minimum atomic E-state index is -0.971. The van der Waals surface area contributed by atoms with Crippen molar-refractivity contribution in [1.82, 2.24) is 0 Å². The molecule has 1 aromatic rings.